The zero-order valence-electron chi connectivity index (χ0n) is 15.8. The van der Waals surface area contributed by atoms with Crippen LogP contribution in [0.4, 0.5) is 9.52 Å². The largest absolute Gasteiger partial charge is 0.378 e. The van der Waals surface area contributed by atoms with Gasteiger partial charge in [0, 0.05) is 19.5 Å². The van der Waals surface area contributed by atoms with Crippen molar-refractivity contribution in [1.82, 2.24) is 15.8 Å². The number of aryl methyl sites for hydroxylation is 1. The maximum Gasteiger partial charge on any atom is 0.281 e. The van der Waals surface area contributed by atoms with Crippen molar-refractivity contribution in [3.8, 4) is 0 Å². The molecule has 9 heteroatoms. The second kappa shape index (κ2) is 9.11. The van der Waals surface area contributed by atoms with E-state index in [1.165, 1.54) is 23.5 Å². The first-order valence-corrected chi connectivity index (χ1v) is 9.90. The summed E-state index contributed by atoms with van der Waals surface area (Å²) in [5.74, 6) is -1.13. The van der Waals surface area contributed by atoms with E-state index >= 15 is 0 Å². The highest BCUT2D eigenvalue weighted by molar-refractivity contribution is 7.17. The third-order valence-electron chi connectivity index (χ3n) is 4.52. The monoisotopic (exact) mass is 406 g/mol. The Labute approximate surface area is 166 Å². The second-order valence-corrected chi connectivity index (χ2v) is 7.65. The average Bonchev–Trinajstić information content (AvgIpc) is 3.09. The Balaban J connectivity index is 1.52. The minimum atomic E-state index is -0.391. The van der Waals surface area contributed by atoms with Gasteiger partial charge in [-0.3, -0.25) is 20.4 Å². The highest BCUT2D eigenvalue weighted by Gasteiger charge is 2.21. The molecule has 1 unspecified atom stereocenters. The van der Waals surface area contributed by atoms with Gasteiger partial charge in [-0.25, -0.2) is 9.37 Å². The number of amides is 2. The number of halogens is 1. The molecule has 3 rings (SSSR count). The van der Waals surface area contributed by atoms with Crippen LogP contribution in [-0.2, 0) is 9.53 Å². The molecule has 1 atom stereocenters. The number of hydrogen-bond donors (Lipinski definition) is 2. The van der Waals surface area contributed by atoms with Gasteiger partial charge in [0.05, 0.1) is 18.9 Å². The van der Waals surface area contributed by atoms with E-state index in [1.807, 2.05) is 6.92 Å². The Bertz CT molecular complexity index is 834. The van der Waals surface area contributed by atoms with E-state index in [9.17, 15) is 14.0 Å². The molecule has 28 heavy (non-hydrogen) atoms. The van der Waals surface area contributed by atoms with Gasteiger partial charge in [0.2, 0.25) is 5.91 Å². The number of nitrogens with zero attached hydrogens (tertiary/aromatic N) is 2. The second-order valence-electron chi connectivity index (χ2n) is 6.67. The summed E-state index contributed by atoms with van der Waals surface area (Å²) in [5, 5.41) is 0.780. The summed E-state index contributed by atoms with van der Waals surface area (Å²) in [6.45, 7) is 6.41. The summed E-state index contributed by atoms with van der Waals surface area (Å²) < 4.78 is 18.3. The zero-order chi connectivity index (χ0) is 20.1. The van der Waals surface area contributed by atoms with Crippen LogP contribution in [0.25, 0.3) is 0 Å². The van der Waals surface area contributed by atoms with Crippen molar-refractivity contribution >= 4 is 28.3 Å². The van der Waals surface area contributed by atoms with E-state index < -0.39 is 5.91 Å². The number of rotatable bonds is 5. The lowest BCUT2D eigenvalue weighted by Crippen LogP contribution is -2.41. The summed E-state index contributed by atoms with van der Waals surface area (Å²) >= 11 is 1.30. The maximum atomic E-state index is 13.0. The molecule has 1 fully saturated rings. The van der Waals surface area contributed by atoms with Gasteiger partial charge in [-0.2, -0.15) is 0 Å². The number of carbonyl (C=O) groups excluding carboxylic acids is 2. The number of ether oxygens (including phenoxy) is 1. The molecule has 0 aliphatic carbocycles. The van der Waals surface area contributed by atoms with Crippen LogP contribution >= 0.6 is 11.3 Å². The first-order valence-electron chi connectivity index (χ1n) is 9.09. The summed E-state index contributed by atoms with van der Waals surface area (Å²) in [5.41, 5.74) is 6.37. The van der Waals surface area contributed by atoms with E-state index in [-0.39, 0.29) is 24.1 Å². The van der Waals surface area contributed by atoms with Crippen LogP contribution in [0.3, 0.4) is 0 Å². The first-order chi connectivity index (χ1) is 13.4. The zero-order valence-corrected chi connectivity index (χ0v) is 16.6. The molecule has 2 aromatic rings. The van der Waals surface area contributed by atoms with E-state index in [4.69, 9.17) is 4.74 Å². The highest BCUT2D eigenvalue weighted by Crippen LogP contribution is 2.26. The number of hydrazine groups is 1. The third-order valence-corrected chi connectivity index (χ3v) is 5.74. The molecule has 1 saturated heterocycles. The van der Waals surface area contributed by atoms with Crippen LogP contribution in [0.2, 0.25) is 0 Å². The SMILES string of the molecule is Cc1nc(N2CCOCC2)sc1C(=O)NNC(=O)CC(C)c1ccc(F)cc1. The predicted octanol–water partition coefficient (Wildman–Crippen LogP) is 2.38. The highest BCUT2D eigenvalue weighted by atomic mass is 32.1. The molecule has 1 aliphatic rings. The number of morpholine rings is 1. The molecule has 2 N–H and O–H groups in total. The fourth-order valence-electron chi connectivity index (χ4n) is 2.90. The molecule has 150 valence electrons. The Hall–Kier alpha value is -2.52. The van der Waals surface area contributed by atoms with Gasteiger partial charge < -0.3 is 9.64 Å². The van der Waals surface area contributed by atoms with Gasteiger partial charge in [-0.15, -0.1) is 0 Å². The predicted molar refractivity (Wildman–Crippen MR) is 105 cm³/mol. The molecule has 1 aromatic heterocycles. The molecule has 2 heterocycles. The van der Waals surface area contributed by atoms with Crippen LogP contribution in [0.1, 0.15) is 40.2 Å². The van der Waals surface area contributed by atoms with Crippen molar-refractivity contribution in [2.24, 2.45) is 0 Å². The molecule has 1 aliphatic heterocycles. The first kappa shape index (κ1) is 20.2. The van der Waals surface area contributed by atoms with Crippen molar-refractivity contribution < 1.29 is 18.7 Å². The van der Waals surface area contributed by atoms with E-state index in [0.717, 1.165) is 23.8 Å². The molecule has 0 spiro atoms. The van der Waals surface area contributed by atoms with Gasteiger partial charge >= 0.3 is 0 Å². The van der Waals surface area contributed by atoms with Gasteiger partial charge in [-0.05, 0) is 30.5 Å². The summed E-state index contributed by atoms with van der Waals surface area (Å²) in [6.07, 6.45) is 0.173. The quantitative estimate of drug-likeness (QED) is 0.745. The maximum absolute atomic E-state index is 13.0. The van der Waals surface area contributed by atoms with E-state index in [0.29, 0.717) is 23.8 Å². The number of thiazole rings is 1. The van der Waals surface area contributed by atoms with Crippen molar-refractivity contribution in [3.05, 3.63) is 46.2 Å². The normalized spacial score (nSPS) is 15.2. The van der Waals surface area contributed by atoms with E-state index in [2.05, 4.69) is 20.7 Å². The number of carbonyl (C=O) groups is 2. The van der Waals surface area contributed by atoms with Crippen LogP contribution in [0.5, 0.6) is 0 Å². The molecular weight excluding hydrogens is 383 g/mol. The molecule has 0 radical (unpaired) electrons. The number of anilines is 1. The summed E-state index contributed by atoms with van der Waals surface area (Å²) in [7, 11) is 0. The van der Waals surface area contributed by atoms with Crippen molar-refractivity contribution in [1.29, 1.82) is 0 Å². The minimum absolute atomic E-state index is 0.101. The molecule has 7 nitrogen and oxygen atoms in total. The standard InChI is InChI=1S/C19H23FN4O3S/c1-12(14-3-5-15(20)6-4-14)11-16(25)22-23-18(26)17-13(2)21-19(28-17)24-7-9-27-10-8-24/h3-6,12H,7-11H2,1-2H3,(H,22,25)(H,23,26). The number of nitrogens with one attached hydrogen (secondary N) is 2. The molecular formula is C19H23FN4O3S. The molecule has 1 aromatic carbocycles. The molecule has 0 bridgehead atoms. The number of hydrogen-bond acceptors (Lipinski definition) is 6. The van der Waals surface area contributed by atoms with Gasteiger partial charge in [0.1, 0.15) is 10.7 Å². The lowest BCUT2D eigenvalue weighted by Gasteiger charge is -2.25. The van der Waals surface area contributed by atoms with Crippen molar-refractivity contribution in [2.75, 3.05) is 31.2 Å². The lowest BCUT2D eigenvalue weighted by atomic mass is 9.98. The van der Waals surface area contributed by atoms with Gasteiger partial charge in [-0.1, -0.05) is 30.4 Å². The third kappa shape index (κ3) is 5.05. The van der Waals surface area contributed by atoms with E-state index in [1.54, 1.807) is 19.1 Å². The van der Waals surface area contributed by atoms with Gasteiger partial charge in [0.15, 0.2) is 5.13 Å². The smallest absolute Gasteiger partial charge is 0.281 e. The molecule has 2 amide bonds. The van der Waals surface area contributed by atoms with Crippen molar-refractivity contribution in [2.45, 2.75) is 26.2 Å². The number of aromatic nitrogens is 1. The van der Waals surface area contributed by atoms with Crippen LogP contribution in [0, 0.1) is 12.7 Å². The van der Waals surface area contributed by atoms with Crippen molar-refractivity contribution in [3.63, 3.8) is 0 Å². The Morgan fingerprint density at radius 3 is 2.61 bits per heavy atom. The summed E-state index contributed by atoms with van der Waals surface area (Å²) in [6, 6.07) is 6.04. The van der Waals surface area contributed by atoms with Crippen LogP contribution in [0.15, 0.2) is 24.3 Å². The Morgan fingerprint density at radius 2 is 1.93 bits per heavy atom. The topological polar surface area (TPSA) is 83.6 Å². The Morgan fingerprint density at radius 1 is 1.25 bits per heavy atom. The van der Waals surface area contributed by atoms with Gasteiger partial charge in [0.25, 0.3) is 5.91 Å². The Kier molecular flexibility index (Phi) is 6.58. The minimum Gasteiger partial charge on any atom is -0.378 e. The molecule has 0 saturated carbocycles. The number of benzene rings is 1. The fourth-order valence-corrected chi connectivity index (χ4v) is 3.92. The fraction of sp³-hybridized carbons (Fsp3) is 0.421. The average molecular weight is 406 g/mol. The summed E-state index contributed by atoms with van der Waals surface area (Å²) in [4.78, 5) is 31.6. The van der Waals surface area contributed by atoms with Crippen LogP contribution in [-0.4, -0.2) is 43.1 Å². The van der Waals surface area contributed by atoms with Crippen LogP contribution < -0.4 is 15.8 Å². The lowest BCUT2D eigenvalue weighted by molar-refractivity contribution is -0.122.